The summed E-state index contributed by atoms with van der Waals surface area (Å²) in [5, 5.41) is 9.93. The molecule has 16 heavy (non-hydrogen) atoms. The molecule has 1 nitrogen and oxygen atoms in total. The summed E-state index contributed by atoms with van der Waals surface area (Å²) in [6.45, 7) is 6.59. The Morgan fingerprint density at radius 1 is 1.00 bits per heavy atom. The fraction of sp³-hybridized carbons (Fsp3) is 0.600. The summed E-state index contributed by atoms with van der Waals surface area (Å²) >= 11 is 0. The van der Waals surface area contributed by atoms with Crippen LogP contribution < -0.4 is 0 Å². The summed E-state index contributed by atoms with van der Waals surface area (Å²) in [5.41, 5.74) is 1.33. The zero-order valence-corrected chi connectivity index (χ0v) is 10.7. The van der Waals surface area contributed by atoms with Crippen LogP contribution in [0.1, 0.15) is 51.5 Å². The number of aliphatic hydroxyl groups excluding tert-OH is 1. The summed E-state index contributed by atoms with van der Waals surface area (Å²) in [5.74, 6) is 1.13. The molecule has 1 heteroatoms. The van der Waals surface area contributed by atoms with E-state index in [0.29, 0.717) is 11.8 Å². The lowest BCUT2D eigenvalue weighted by Gasteiger charge is -2.17. The Morgan fingerprint density at radius 2 is 1.62 bits per heavy atom. The van der Waals surface area contributed by atoms with Gasteiger partial charge in [0.25, 0.3) is 0 Å². The molecule has 0 heterocycles. The molecule has 0 radical (unpaired) electrons. The Hall–Kier alpha value is -0.820. The van der Waals surface area contributed by atoms with Crippen molar-refractivity contribution in [2.75, 3.05) is 0 Å². The quantitative estimate of drug-likeness (QED) is 0.769. The molecule has 1 aromatic carbocycles. The molecule has 1 N–H and O–H groups in total. The van der Waals surface area contributed by atoms with Gasteiger partial charge < -0.3 is 5.11 Å². The number of rotatable bonds is 6. The lowest BCUT2D eigenvalue weighted by atomic mass is 9.92. The Labute approximate surface area is 99.5 Å². The largest absolute Gasteiger partial charge is 0.393 e. The van der Waals surface area contributed by atoms with Gasteiger partial charge in [-0.2, -0.15) is 0 Å². The molecule has 2 unspecified atom stereocenters. The van der Waals surface area contributed by atoms with E-state index in [4.69, 9.17) is 0 Å². The number of hydrogen-bond acceptors (Lipinski definition) is 1. The maximum absolute atomic E-state index is 9.93. The maximum Gasteiger partial charge on any atom is 0.0546 e. The molecule has 0 aromatic heterocycles. The van der Waals surface area contributed by atoms with Crippen molar-refractivity contribution in [3.8, 4) is 0 Å². The van der Waals surface area contributed by atoms with Crippen LogP contribution in [0.25, 0.3) is 0 Å². The zero-order chi connectivity index (χ0) is 12.0. The van der Waals surface area contributed by atoms with Gasteiger partial charge >= 0.3 is 0 Å². The fourth-order valence-electron chi connectivity index (χ4n) is 1.97. The molecule has 0 aliphatic carbocycles. The van der Waals surface area contributed by atoms with Crippen LogP contribution in [0, 0.1) is 5.92 Å². The first-order valence-electron chi connectivity index (χ1n) is 6.32. The van der Waals surface area contributed by atoms with Crippen molar-refractivity contribution in [2.24, 2.45) is 5.92 Å². The molecule has 0 aliphatic rings. The van der Waals surface area contributed by atoms with Gasteiger partial charge in [0.15, 0.2) is 0 Å². The molecule has 0 amide bonds. The van der Waals surface area contributed by atoms with Crippen LogP contribution in [0.2, 0.25) is 0 Å². The van der Waals surface area contributed by atoms with Crippen molar-refractivity contribution in [3.63, 3.8) is 0 Å². The van der Waals surface area contributed by atoms with E-state index in [9.17, 15) is 5.11 Å². The molecule has 1 aromatic rings. The Morgan fingerprint density at radius 3 is 2.19 bits per heavy atom. The van der Waals surface area contributed by atoms with E-state index < -0.39 is 0 Å². The van der Waals surface area contributed by atoms with Crippen LogP contribution in [0.3, 0.4) is 0 Å². The van der Waals surface area contributed by atoms with Crippen molar-refractivity contribution >= 4 is 0 Å². The first-order valence-corrected chi connectivity index (χ1v) is 6.32. The molecular weight excluding hydrogens is 196 g/mol. The fourth-order valence-corrected chi connectivity index (χ4v) is 1.97. The van der Waals surface area contributed by atoms with E-state index in [1.807, 2.05) is 6.07 Å². The van der Waals surface area contributed by atoms with E-state index in [1.54, 1.807) is 0 Å². The van der Waals surface area contributed by atoms with E-state index in [-0.39, 0.29) is 6.10 Å². The van der Waals surface area contributed by atoms with Crippen molar-refractivity contribution in [2.45, 2.75) is 52.1 Å². The van der Waals surface area contributed by atoms with Gasteiger partial charge in [-0.1, -0.05) is 51.1 Å². The van der Waals surface area contributed by atoms with Crippen LogP contribution in [-0.2, 0) is 0 Å². The summed E-state index contributed by atoms with van der Waals surface area (Å²) in [7, 11) is 0. The average Bonchev–Trinajstić information content (AvgIpc) is 2.27. The van der Waals surface area contributed by atoms with Crippen molar-refractivity contribution in [1.82, 2.24) is 0 Å². The Balaban J connectivity index is 2.36. The van der Waals surface area contributed by atoms with Gasteiger partial charge in [0.05, 0.1) is 6.10 Å². The second-order valence-electron chi connectivity index (χ2n) is 5.17. The van der Waals surface area contributed by atoms with Crippen LogP contribution in [0.5, 0.6) is 0 Å². The predicted octanol–water partition coefficient (Wildman–Crippen LogP) is 3.98. The highest BCUT2D eigenvalue weighted by molar-refractivity contribution is 5.18. The summed E-state index contributed by atoms with van der Waals surface area (Å²) in [6.07, 6.45) is 2.76. The van der Waals surface area contributed by atoms with E-state index in [2.05, 4.69) is 45.0 Å². The Bertz CT molecular complexity index is 279. The number of benzene rings is 1. The minimum absolute atomic E-state index is 0.155. The van der Waals surface area contributed by atoms with Gasteiger partial charge in [0.1, 0.15) is 0 Å². The SMILES string of the molecule is CC(C)CCC(O)CC(C)c1ccccc1. The first-order chi connectivity index (χ1) is 7.59. The Kier molecular flexibility index (Phi) is 5.54. The second kappa shape index (κ2) is 6.70. The molecule has 0 aliphatic heterocycles. The molecule has 90 valence electrons. The normalized spacial score (nSPS) is 15.1. The van der Waals surface area contributed by atoms with Crippen LogP contribution in [0.15, 0.2) is 30.3 Å². The van der Waals surface area contributed by atoms with Crippen LogP contribution >= 0.6 is 0 Å². The smallest absolute Gasteiger partial charge is 0.0546 e. The second-order valence-corrected chi connectivity index (χ2v) is 5.17. The molecular formula is C15H24O. The van der Waals surface area contributed by atoms with Gasteiger partial charge in [-0.15, -0.1) is 0 Å². The van der Waals surface area contributed by atoms with E-state index >= 15 is 0 Å². The standard InChI is InChI=1S/C15H24O/c1-12(2)9-10-15(16)11-13(3)14-7-5-4-6-8-14/h4-8,12-13,15-16H,9-11H2,1-3H3. The van der Waals surface area contributed by atoms with Crippen molar-refractivity contribution < 1.29 is 5.11 Å². The average molecular weight is 220 g/mol. The maximum atomic E-state index is 9.93. The summed E-state index contributed by atoms with van der Waals surface area (Å²) < 4.78 is 0. The van der Waals surface area contributed by atoms with Gasteiger partial charge in [-0.05, 0) is 36.7 Å². The van der Waals surface area contributed by atoms with Crippen LogP contribution in [0.4, 0.5) is 0 Å². The molecule has 0 spiro atoms. The first kappa shape index (κ1) is 13.2. The minimum atomic E-state index is -0.155. The van der Waals surface area contributed by atoms with E-state index in [0.717, 1.165) is 19.3 Å². The lowest BCUT2D eigenvalue weighted by Crippen LogP contribution is -2.11. The molecule has 1 rings (SSSR count). The summed E-state index contributed by atoms with van der Waals surface area (Å²) in [4.78, 5) is 0. The zero-order valence-electron chi connectivity index (χ0n) is 10.7. The minimum Gasteiger partial charge on any atom is -0.393 e. The predicted molar refractivity (Wildman–Crippen MR) is 69.6 cm³/mol. The third kappa shape index (κ3) is 4.80. The van der Waals surface area contributed by atoms with Gasteiger partial charge in [0.2, 0.25) is 0 Å². The third-order valence-corrected chi connectivity index (χ3v) is 3.07. The van der Waals surface area contributed by atoms with Gasteiger partial charge in [-0.25, -0.2) is 0 Å². The highest BCUT2D eigenvalue weighted by Crippen LogP contribution is 2.22. The van der Waals surface area contributed by atoms with Crippen molar-refractivity contribution in [1.29, 1.82) is 0 Å². The third-order valence-electron chi connectivity index (χ3n) is 3.07. The van der Waals surface area contributed by atoms with Crippen molar-refractivity contribution in [3.05, 3.63) is 35.9 Å². The monoisotopic (exact) mass is 220 g/mol. The molecule has 2 atom stereocenters. The number of aliphatic hydroxyl groups is 1. The highest BCUT2D eigenvalue weighted by atomic mass is 16.3. The molecule has 0 saturated carbocycles. The van der Waals surface area contributed by atoms with Gasteiger partial charge in [0, 0.05) is 0 Å². The highest BCUT2D eigenvalue weighted by Gasteiger charge is 2.12. The van der Waals surface area contributed by atoms with E-state index in [1.165, 1.54) is 5.56 Å². The van der Waals surface area contributed by atoms with Crippen LogP contribution in [-0.4, -0.2) is 11.2 Å². The molecule has 0 bridgehead atoms. The topological polar surface area (TPSA) is 20.2 Å². The number of hydrogen-bond donors (Lipinski definition) is 1. The van der Waals surface area contributed by atoms with Gasteiger partial charge in [-0.3, -0.25) is 0 Å². The molecule has 0 fully saturated rings. The lowest BCUT2D eigenvalue weighted by molar-refractivity contribution is 0.140. The molecule has 0 saturated heterocycles. The summed E-state index contributed by atoms with van der Waals surface area (Å²) in [6, 6.07) is 10.4.